The van der Waals surface area contributed by atoms with Gasteiger partial charge in [0.15, 0.2) is 0 Å². The van der Waals surface area contributed by atoms with Crippen LogP contribution in [0.3, 0.4) is 0 Å². The molecular weight excluding hydrogens is 250 g/mol. The van der Waals surface area contributed by atoms with Gasteiger partial charge in [-0.15, -0.1) is 0 Å². The van der Waals surface area contributed by atoms with E-state index in [1.807, 2.05) is 0 Å². The molecule has 3 N–H and O–H groups in total. The fraction of sp³-hybridized carbons (Fsp3) is 0.750. The third kappa shape index (κ3) is 6.64. The van der Waals surface area contributed by atoms with E-state index in [1.54, 1.807) is 20.9 Å². The van der Waals surface area contributed by atoms with Gasteiger partial charge in [-0.3, -0.25) is 9.59 Å². The molecule has 110 valence electrons. The van der Waals surface area contributed by atoms with Crippen LogP contribution in [-0.4, -0.2) is 55.1 Å². The highest BCUT2D eigenvalue weighted by Gasteiger charge is 2.22. The number of carboxylic acid groups (broad SMARTS) is 1. The fourth-order valence-corrected chi connectivity index (χ4v) is 1.44. The van der Waals surface area contributed by atoms with Crippen LogP contribution in [0.5, 0.6) is 0 Å². The van der Waals surface area contributed by atoms with Gasteiger partial charge in [-0.05, 0) is 5.92 Å². The largest absolute Gasteiger partial charge is 0.481 e. The summed E-state index contributed by atoms with van der Waals surface area (Å²) in [5.41, 5.74) is 0. The topological polar surface area (TPSA) is 98.7 Å². The minimum absolute atomic E-state index is 0.0611. The number of nitrogens with one attached hydrogen (secondary N) is 2. The second kappa shape index (κ2) is 8.34. The minimum Gasteiger partial charge on any atom is -0.481 e. The molecule has 0 bridgehead atoms. The molecule has 0 aliphatic carbocycles. The zero-order valence-electron chi connectivity index (χ0n) is 11.9. The van der Waals surface area contributed by atoms with E-state index in [2.05, 4.69) is 10.6 Å². The summed E-state index contributed by atoms with van der Waals surface area (Å²) in [5, 5.41) is 14.0. The normalized spacial score (nSPS) is 11.8. The Kier molecular flexibility index (Phi) is 7.55. The van der Waals surface area contributed by atoms with E-state index < -0.39 is 11.9 Å². The van der Waals surface area contributed by atoms with Gasteiger partial charge in [0.2, 0.25) is 5.91 Å². The lowest BCUT2D eigenvalue weighted by Gasteiger charge is -2.21. The highest BCUT2D eigenvalue weighted by molar-refractivity contribution is 5.78. The molecule has 0 aliphatic rings. The van der Waals surface area contributed by atoms with Crippen molar-refractivity contribution < 1.29 is 19.5 Å². The summed E-state index contributed by atoms with van der Waals surface area (Å²) in [6.45, 7) is 3.95. The Morgan fingerprint density at radius 3 is 2.26 bits per heavy atom. The average Bonchev–Trinajstić information content (AvgIpc) is 2.34. The van der Waals surface area contributed by atoms with E-state index in [1.165, 1.54) is 11.9 Å². The number of carbonyl (C=O) groups is 3. The average molecular weight is 273 g/mol. The van der Waals surface area contributed by atoms with Gasteiger partial charge in [-0.1, -0.05) is 13.8 Å². The zero-order valence-corrected chi connectivity index (χ0v) is 11.9. The van der Waals surface area contributed by atoms with Gasteiger partial charge in [0.1, 0.15) is 0 Å². The number of carboxylic acids is 1. The van der Waals surface area contributed by atoms with E-state index in [0.717, 1.165) is 0 Å². The molecule has 0 heterocycles. The third-order valence-corrected chi connectivity index (χ3v) is 2.89. The first-order valence-electron chi connectivity index (χ1n) is 6.22. The molecule has 19 heavy (non-hydrogen) atoms. The summed E-state index contributed by atoms with van der Waals surface area (Å²) < 4.78 is 0. The third-order valence-electron chi connectivity index (χ3n) is 2.89. The molecule has 0 saturated carbocycles. The smallest absolute Gasteiger partial charge is 0.317 e. The summed E-state index contributed by atoms with van der Waals surface area (Å²) in [6, 6.07) is -0.379. The molecule has 0 radical (unpaired) electrons. The van der Waals surface area contributed by atoms with Crippen LogP contribution in [0.4, 0.5) is 4.79 Å². The molecule has 0 aromatic heterocycles. The molecule has 0 spiro atoms. The maximum absolute atomic E-state index is 11.7. The van der Waals surface area contributed by atoms with Gasteiger partial charge in [0.25, 0.3) is 0 Å². The first-order chi connectivity index (χ1) is 8.79. The van der Waals surface area contributed by atoms with Crippen LogP contribution in [0.2, 0.25) is 0 Å². The molecule has 0 aliphatic heterocycles. The molecule has 0 rings (SSSR count). The van der Waals surface area contributed by atoms with Gasteiger partial charge in [-0.25, -0.2) is 4.79 Å². The SMILES string of the molecule is CNC(=O)CCN(C)C(=O)NCC(C(=O)O)C(C)C. The Bertz CT molecular complexity index is 331. The van der Waals surface area contributed by atoms with Gasteiger partial charge < -0.3 is 20.6 Å². The summed E-state index contributed by atoms with van der Waals surface area (Å²) in [7, 11) is 3.09. The molecule has 3 amide bonds. The summed E-state index contributed by atoms with van der Waals surface area (Å²) >= 11 is 0. The Morgan fingerprint density at radius 2 is 1.84 bits per heavy atom. The number of urea groups is 1. The number of rotatable bonds is 7. The summed E-state index contributed by atoms with van der Waals surface area (Å²) in [5.74, 6) is -1.75. The van der Waals surface area contributed by atoms with Crippen LogP contribution < -0.4 is 10.6 Å². The number of amides is 3. The molecule has 0 aromatic rings. The lowest BCUT2D eigenvalue weighted by Crippen LogP contribution is -2.43. The van der Waals surface area contributed by atoms with Crippen LogP contribution >= 0.6 is 0 Å². The highest BCUT2D eigenvalue weighted by Crippen LogP contribution is 2.09. The van der Waals surface area contributed by atoms with Gasteiger partial charge in [-0.2, -0.15) is 0 Å². The van der Waals surface area contributed by atoms with Crippen molar-refractivity contribution in [1.29, 1.82) is 0 Å². The van der Waals surface area contributed by atoms with Gasteiger partial charge in [0.05, 0.1) is 5.92 Å². The van der Waals surface area contributed by atoms with Crippen LogP contribution in [0, 0.1) is 11.8 Å². The number of aliphatic carboxylic acids is 1. The van der Waals surface area contributed by atoms with Crippen molar-refractivity contribution in [3.05, 3.63) is 0 Å². The molecule has 1 atom stereocenters. The molecular formula is C12H23N3O4. The van der Waals surface area contributed by atoms with Crippen molar-refractivity contribution in [3.63, 3.8) is 0 Å². The molecule has 1 unspecified atom stereocenters. The number of nitrogens with zero attached hydrogens (tertiary/aromatic N) is 1. The van der Waals surface area contributed by atoms with Crippen molar-refractivity contribution >= 4 is 17.9 Å². The van der Waals surface area contributed by atoms with E-state index >= 15 is 0 Å². The second-order valence-electron chi connectivity index (χ2n) is 4.72. The van der Waals surface area contributed by atoms with Gasteiger partial charge >= 0.3 is 12.0 Å². The first-order valence-corrected chi connectivity index (χ1v) is 6.22. The maximum Gasteiger partial charge on any atom is 0.317 e. The summed E-state index contributed by atoms with van der Waals surface area (Å²) in [6.07, 6.45) is 0.215. The summed E-state index contributed by atoms with van der Waals surface area (Å²) in [4.78, 5) is 35.0. The number of hydrogen-bond acceptors (Lipinski definition) is 3. The molecule has 7 heteroatoms. The van der Waals surface area contributed by atoms with Gasteiger partial charge in [0, 0.05) is 33.6 Å². The Hall–Kier alpha value is -1.79. The second-order valence-corrected chi connectivity index (χ2v) is 4.72. The van der Waals surface area contributed by atoms with E-state index in [9.17, 15) is 14.4 Å². The molecule has 0 fully saturated rings. The van der Waals surface area contributed by atoms with Crippen molar-refractivity contribution in [2.75, 3.05) is 27.2 Å². The first kappa shape index (κ1) is 17.2. The maximum atomic E-state index is 11.7. The lowest BCUT2D eigenvalue weighted by molar-refractivity contribution is -0.143. The van der Waals surface area contributed by atoms with Crippen molar-refractivity contribution in [3.8, 4) is 0 Å². The van der Waals surface area contributed by atoms with Crippen LogP contribution in [0.1, 0.15) is 20.3 Å². The van der Waals surface area contributed by atoms with Crippen LogP contribution in [0.15, 0.2) is 0 Å². The predicted octanol–water partition coefficient (Wildman–Crippen LogP) is 0.121. The highest BCUT2D eigenvalue weighted by atomic mass is 16.4. The fourth-order valence-electron chi connectivity index (χ4n) is 1.44. The molecule has 0 aromatic carbocycles. The molecule has 0 saturated heterocycles. The van der Waals surface area contributed by atoms with E-state index in [-0.39, 0.29) is 37.4 Å². The van der Waals surface area contributed by atoms with E-state index in [0.29, 0.717) is 0 Å². The Labute approximate surface area is 113 Å². The standard InChI is InChI=1S/C12H23N3O4/c1-8(2)9(11(17)18)7-14-12(19)15(4)6-5-10(16)13-3/h8-9H,5-7H2,1-4H3,(H,13,16)(H,14,19)(H,17,18). The predicted molar refractivity (Wildman–Crippen MR) is 70.7 cm³/mol. The van der Waals surface area contributed by atoms with Crippen LogP contribution in [0.25, 0.3) is 0 Å². The Balaban J connectivity index is 4.15. The van der Waals surface area contributed by atoms with E-state index in [4.69, 9.17) is 5.11 Å². The Morgan fingerprint density at radius 1 is 1.26 bits per heavy atom. The van der Waals surface area contributed by atoms with Crippen molar-refractivity contribution in [2.45, 2.75) is 20.3 Å². The number of hydrogen-bond donors (Lipinski definition) is 3. The quantitative estimate of drug-likeness (QED) is 0.613. The van der Waals surface area contributed by atoms with Crippen molar-refractivity contribution in [2.24, 2.45) is 11.8 Å². The lowest BCUT2D eigenvalue weighted by atomic mass is 9.96. The number of carbonyl (C=O) groups excluding carboxylic acids is 2. The van der Waals surface area contributed by atoms with Crippen LogP contribution in [-0.2, 0) is 9.59 Å². The molecule has 7 nitrogen and oxygen atoms in total. The van der Waals surface area contributed by atoms with Crippen molar-refractivity contribution in [1.82, 2.24) is 15.5 Å². The zero-order chi connectivity index (χ0) is 15.0. The monoisotopic (exact) mass is 273 g/mol. The minimum atomic E-state index is -0.927.